The molecule has 0 spiro atoms. The molecule has 0 aliphatic heterocycles. The van der Waals surface area contributed by atoms with Crippen LogP contribution in [-0.4, -0.2) is 41.5 Å². The van der Waals surface area contributed by atoms with Gasteiger partial charge in [0, 0.05) is 28.9 Å². The standard InChI is InChI=1S/C25H28ClN3O5S2/c1-3-4-14-28(36(33,34)22-12-13-23(26)24(15-22)29(31)32)18-25(30)27(16-20-8-6-5-7-9-20)17-21-11-10-19(2)35-21/h5-13,15H,3-4,14,16-18H2,1-2H3. The third kappa shape index (κ3) is 7.13. The van der Waals surface area contributed by atoms with E-state index >= 15 is 0 Å². The molecule has 3 aromatic rings. The van der Waals surface area contributed by atoms with Gasteiger partial charge in [-0.3, -0.25) is 14.9 Å². The number of benzene rings is 2. The number of nitro benzene ring substituents is 1. The van der Waals surface area contributed by atoms with E-state index < -0.39 is 20.6 Å². The summed E-state index contributed by atoms with van der Waals surface area (Å²) in [6, 6.07) is 16.8. The Morgan fingerprint density at radius 1 is 1.08 bits per heavy atom. The summed E-state index contributed by atoms with van der Waals surface area (Å²) in [5.41, 5.74) is 0.425. The first-order valence-corrected chi connectivity index (χ1v) is 14.1. The second-order valence-electron chi connectivity index (χ2n) is 8.31. The third-order valence-corrected chi connectivity index (χ3v) is 8.68. The van der Waals surface area contributed by atoms with Gasteiger partial charge in [0.25, 0.3) is 5.69 Å². The van der Waals surface area contributed by atoms with Crippen LogP contribution < -0.4 is 0 Å². The molecule has 0 N–H and O–H groups in total. The minimum absolute atomic E-state index is 0.109. The number of sulfonamides is 1. The lowest BCUT2D eigenvalue weighted by molar-refractivity contribution is -0.384. The Kier molecular flexibility index (Phi) is 9.61. The van der Waals surface area contributed by atoms with Crippen molar-refractivity contribution in [3.63, 3.8) is 0 Å². The highest BCUT2D eigenvalue weighted by molar-refractivity contribution is 7.89. The molecular formula is C25H28ClN3O5S2. The largest absolute Gasteiger partial charge is 0.332 e. The summed E-state index contributed by atoms with van der Waals surface area (Å²) in [7, 11) is -4.19. The minimum Gasteiger partial charge on any atom is -0.332 e. The third-order valence-electron chi connectivity index (χ3n) is 5.54. The Labute approximate surface area is 220 Å². The molecule has 0 bridgehead atoms. The van der Waals surface area contributed by atoms with E-state index in [1.54, 1.807) is 16.2 Å². The molecule has 0 unspecified atom stereocenters. The zero-order valence-corrected chi connectivity index (χ0v) is 22.5. The molecule has 0 saturated heterocycles. The Bertz CT molecular complexity index is 1310. The van der Waals surface area contributed by atoms with Gasteiger partial charge in [0.05, 0.1) is 22.9 Å². The fourth-order valence-corrected chi connectivity index (χ4v) is 6.15. The summed E-state index contributed by atoms with van der Waals surface area (Å²) < 4.78 is 28.1. The number of unbranched alkanes of at least 4 members (excludes halogenated alkanes) is 1. The van der Waals surface area contributed by atoms with Crippen LogP contribution in [-0.2, 0) is 27.9 Å². The molecule has 36 heavy (non-hydrogen) atoms. The van der Waals surface area contributed by atoms with Crippen molar-refractivity contribution in [2.45, 2.75) is 44.7 Å². The quantitative estimate of drug-likeness (QED) is 0.215. The summed E-state index contributed by atoms with van der Waals surface area (Å²) in [6.45, 7) is 4.31. The van der Waals surface area contributed by atoms with Crippen molar-refractivity contribution in [3.8, 4) is 0 Å². The lowest BCUT2D eigenvalue weighted by Gasteiger charge is -2.27. The van der Waals surface area contributed by atoms with Crippen molar-refractivity contribution in [3.05, 3.63) is 91.1 Å². The number of nitro groups is 1. The average Bonchev–Trinajstić information content (AvgIpc) is 3.26. The summed E-state index contributed by atoms with van der Waals surface area (Å²) in [5.74, 6) is -0.354. The zero-order valence-electron chi connectivity index (χ0n) is 20.1. The van der Waals surface area contributed by atoms with Crippen LogP contribution in [0.1, 0.15) is 35.1 Å². The second-order valence-corrected chi connectivity index (χ2v) is 12.0. The number of aryl methyl sites for hydroxylation is 1. The second kappa shape index (κ2) is 12.4. The van der Waals surface area contributed by atoms with Gasteiger partial charge in [-0.25, -0.2) is 8.42 Å². The van der Waals surface area contributed by atoms with Crippen LogP contribution in [0.25, 0.3) is 0 Å². The highest BCUT2D eigenvalue weighted by Crippen LogP contribution is 2.29. The normalized spacial score (nSPS) is 11.6. The Balaban J connectivity index is 1.91. The van der Waals surface area contributed by atoms with E-state index in [1.165, 1.54) is 12.1 Å². The molecule has 0 fully saturated rings. The molecular weight excluding hydrogens is 522 g/mol. The molecule has 1 heterocycles. The molecule has 192 valence electrons. The van der Waals surface area contributed by atoms with Crippen molar-refractivity contribution in [2.75, 3.05) is 13.1 Å². The molecule has 1 aromatic heterocycles. The molecule has 8 nitrogen and oxygen atoms in total. The lowest BCUT2D eigenvalue weighted by Crippen LogP contribution is -2.42. The predicted octanol–water partition coefficient (Wildman–Crippen LogP) is 5.64. The highest BCUT2D eigenvalue weighted by Gasteiger charge is 2.30. The van der Waals surface area contributed by atoms with E-state index in [4.69, 9.17) is 11.6 Å². The van der Waals surface area contributed by atoms with Crippen LogP contribution in [0.15, 0.2) is 65.6 Å². The monoisotopic (exact) mass is 549 g/mol. The van der Waals surface area contributed by atoms with Crippen LogP contribution >= 0.6 is 22.9 Å². The van der Waals surface area contributed by atoms with Gasteiger partial charge < -0.3 is 4.90 Å². The molecule has 0 atom stereocenters. The Morgan fingerprint density at radius 3 is 2.42 bits per heavy atom. The SMILES string of the molecule is CCCCN(CC(=O)N(Cc1ccccc1)Cc1ccc(C)s1)S(=O)(=O)c1ccc(Cl)c([N+](=O)[O-])c1. The zero-order chi connectivity index (χ0) is 26.3. The number of hydrogen-bond acceptors (Lipinski definition) is 6. The number of carbonyl (C=O) groups excluding carboxylic acids is 1. The lowest BCUT2D eigenvalue weighted by atomic mass is 10.2. The average molecular weight is 550 g/mol. The molecule has 0 aliphatic rings. The first kappa shape index (κ1) is 27.8. The summed E-state index contributed by atoms with van der Waals surface area (Å²) >= 11 is 7.46. The van der Waals surface area contributed by atoms with Gasteiger partial charge in [0.1, 0.15) is 5.02 Å². The fourth-order valence-electron chi connectivity index (χ4n) is 3.61. The van der Waals surface area contributed by atoms with Crippen LogP contribution in [0, 0.1) is 17.0 Å². The van der Waals surface area contributed by atoms with E-state index in [9.17, 15) is 23.3 Å². The molecule has 11 heteroatoms. The highest BCUT2D eigenvalue weighted by atomic mass is 35.5. The molecule has 0 radical (unpaired) electrons. The van der Waals surface area contributed by atoms with Crippen molar-refractivity contribution in [1.82, 2.24) is 9.21 Å². The number of thiophene rings is 1. The fraction of sp³-hybridized carbons (Fsp3) is 0.320. The first-order chi connectivity index (χ1) is 17.1. The van der Waals surface area contributed by atoms with Crippen LogP contribution in [0.2, 0.25) is 5.02 Å². The number of carbonyl (C=O) groups is 1. The van der Waals surface area contributed by atoms with Gasteiger partial charge in [-0.2, -0.15) is 4.31 Å². The van der Waals surface area contributed by atoms with Gasteiger partial charge in [-0.05, 0) is 43.2 Å². The van der Waals surface area contributed by atoms with E-state index in [0.717, 1.165) is 25.7 Å². The van der Waals surface area contributed by atoms with Crippen molar-refractivity contribution in [1.29, 1.82) is 0 Å². The maximum Gasteiger partial charge on any atom is 0.289 e. The van der Waals surface area contributed by atoms with E-state index in [0.29, 0.717) is 25.9 Å². The molecule has 2 aromatic carbocycles. The van der Waals surface area contributed by atoms with Gasteiger partial charge in [-0.1, -0.05) is 55.3 Å². The van der Waals surface area contributed by atoms with Crippen LogP contribution in [0.4, 0.5) is 5.69 Å². The maximum absolute atomic E-state index is 13.5. The Morgan fingerprint density at radius 2 is 1.81 bits per heavy atom. The smallest absolute Gasteiger partial charge is 0.289 e. The molecule has 0 aliphatic carbocycles. The molecule has 0 saturated carbocycles. The topological polar surface area (TPSA) is 101 Å². The number of nitrogens with zero attached hydrogens (tertiary/aromatic N) is 3. The van der Waals surface area contributed by atoms with Gasteiger partial charge in [-0.15, -0.1) is 11.3 Å². The Hall–Kier alpha value is -2.79. The van der Waals surface area contributed by atoms with Crippen molar-refractivity contribution in [2.24, 2.45) is 0 Å². The minimum atomic E-state index is -4.19. The summed E-state index contributed by atoms with van der Waals surface area (Å²) in [5, 5.41) is 11.2. The predicted molar refractivity (Wildman–Crippen MR) is 142 cm³/mol. The van der Waals surface area contributed by atoms with Gasteiger partial charge >= 0.3 is 0 Å². The van der Waals surface area contributed by atoms with Gasteiger partial charge in [0.15, 0.2) is 0 Å². The number of amides is 1. The van der Waals surface area contributed by atoms with E-state index in [-0.39, 0.29) is 28.9 Å². The maximum atomic E-state index is 13.5. The van der Waals surface area contributed by atoms with Gasteiger partial charge in [0.2, 0.25) is 15.9 Å². The van der Waals surface area contributed by atoms with Crippen LogP contribution in [0.5, 0.6) is 0 Å². The van der Waals surface area contributed by atoms with E-state index in [1.807, 2.05) is 56.3 Å². The summed E-state index contributed by atoms with van der Waals surface area (Å²) in [6.07, 6.45) is 1.24. The molecule has 1 amide bonds. The number of halogens is 1. The summed E-state index contributed by atoms with van der Waals surface area (Å²) in [4.78, 5) is 27.6. The van der Waals surface area contributed by atoms with Crippen molar-refractivity contribution < 1.29 is 18.1 Å². The molecule has 3 rings (SSSR count). The van der Waals surface area contributed by atoms with Crippen molar-refractivity contribution >= 4 is 44.6 Å². The van der Waals surface area contributed by atoms with Crippen LogP contribution in [0.3, 0.4) is 0 Å². The first-order valence-electron chi connectivity index (χ1n) is 11.4. The number of rotatable bonds is 12. The van der Waals surface area contributed by atoms with E-state index in [2.05, 4.69) is 0 Å². The number of hydrogen-bond donors (Lipinski definition) is 0.